The van der Waals surface area contributed by atoms with E-state index in [-0.39, 0.29) is 47.8 Å². The van der Waals surface area contributed by atoms with Crippen LogP contribution in [-0.4, -0.2) is 152 Å². The van der Waals surface area contributed by atoms with E-state index in [2.05, 4.69) is 26.8 Å². The maximum Gasteiger partial charge on any atom is 0.311 e. The van der Waals surface area contributed by atoms with Crippen molar-refractivity contribution in [2.75, 3.05) is 26.9 Å². The van der Waals surface area contributed by atoms with Gasteiger partial charge in [0.05, 0.1) is 50.0 Å². The Morgan fingerprint density at radius 3 is 2.12 bits per heavy atom. The fourth-order valence-corrected chi connectivity index (χ4v) is 13.8. The molecule has 7 aliphatic rings. The Kier molecular flexibility index (Phi) is 11.6. The molecule has 0 aromatic rings. The number of rotatable bonds is 8. The van der Waals surface area contributed by atoms with Gasteiger partial charge in [-0.3, -0.25) is 9.59 Å². The molecule has 16 heteroatoms. The van der Waals surface area contributed by atoms with E-state index in [1.54, 1.807) is 0 Å². The summed E-state index contributed by atoms with van der Waals surface area (Å²) in [6, 6.07) is 0. The zero-order chi connectivity index (χ0) is 42.5. The number of carboxylic acid groups (broad SMARTS) is 1. The molecule has 20 atom stereocenters. The third-order valence-corrected chi connectivity index (χ3v) is 17.4. The first-order valence-electron chi connectivity index (χ1n) is 21.0. The molecule has 0 spiro atoms. The Hall–Kier alpha value is -1.80. The van der Waals surface area contributed by atoms with Crippen LogP contribution in [0.2, 0.25) is 0 Å². The van der Waals surface area contributed by atoms with Crippen molar-refractivity contribution in [3.63, 3.8) is 0 Å². The highest BCUT2D eigenvalue weighted by atomic mass is 16.7. The molecular formula is C42H66O16. The third-order valence-electron chi connectivity index (χ3n) is 17.4. The number of methoxy groups -OCH3 is 1. The van der Waals surface area contributed by atoms with Crippen LogP contribution in [0, 0.1) is 50.2 Å². The van der Waals surface area contributed by atoms with Crippen LogP contribution in [0.15, 0.2) is 11.6 Å². The second-order valence-corrected chi connectivity index (χ2v) is 20.1. The van der Waals surface area contributed by atoms with Crippen molar-refractivity contribution in [1.29, 1.82) is 0 Å². The van der Waals surface area contributed by atoms with Crippen molar-refractivity contribution < 1.29 is 79.2 Å². The molecule has 2 aliphatic heterocycles. The van der Waals surface area contributed by atoms with E-state index in [0.29, 0.717) is 51.4 Å². The number of hydrogen-bond donors (Lipinski definition) is 9. The summed E-state index contributed by atoms with van der Waals surface area (Å²) in [7, 11) is 1.38. The first-order chi connectivity index (χ1) is 27.1. The Labute approximate surface area is 339 Å². The lowest BCUT2D eigenvalue weighted by Gasteiger charge is -2.71. The summed E-state index contributed by atoms with van der Waals surface area (Å²) in [6.07, 6.45) is -8.96. The predicted molar refractivity (Wildman–Crippen MR) is 201 cm³/mol. The lowest BCUT2D eigenvalue weighted by molar-refractivity contribution is -0.357. The van der Waals surface area contributed by atoms with Gasteiger partial charge >= 0.3 is 11.9 Å². The molecule has 2 heterocycles. The van der Waals surface area contributed by atoms with Gasteiger partial charge in [0.2, 0.25) is 0 Å². The van der Waals surface area contributed by atoms with E-state index in [4.69, 9.17) is 23.7 Å². The maximum absolute atomic E-state index is 13.2. The van der Waals surface area contributed by atoms with Crippen molar-refractivity contribution in [2.45, 2.75) is 160 Å². The first kappa shape index (κ1) is 44.3. The monoisotopic (exact) mass is 826 g/mol. The topological polar surface area (TPSA) is 262 Å². The molecule has 2 saturated heterocycles. The van der Waals surface area contributed by atoms with E-state index in [0.717, 1.165) is 12.0 Å². The second-order valence-electron chi connectivity index (χ2n) is 20.1. The summed E-state index contributed by atoms with van der Waals surface area (Å²) in [6.45, 7) is 9.16. The Morgan fingerprint density at radius 2 is 1.48 bits per heavy atom. The van der Waals surface area contributed by atoms with Gasteiger partial charge in [0.1, 0.15) is 42.7 Å². The van der Waals surface area contributed by atoms with Crippen molar-refractivity contribution in [1.82, 2.24) is 0 Å². The summed E-state index contributed by atoms with van der Waals surface area (Å²) in [5.41, 5.74) is -2.86. The smallest absolute Gasteiger partial charge is 0.311 e. The Bertz CT molecular complexity index is 1610. The highest BCUT2D eigenvalue weighted by Gasteiger charge is 2.71. The molecule has 330 valence electrons. The predicted octanol–water partition coefficient (Wildman–Crippen LogP) is 0.617. The fourth-order valence-electron chi connectivity index (χ4n) is 13.8. The number of aliphatic hydroxyl groups is 8. The molecule has 16 nitrogen and oxygen atoms in total. The van der Waals surface area contributed by atoms with Gasteiger partial charge in [0, 0.05) is 5.41 Å². The number of ether oxygens (including phenoxy) is 5. The van der Waals surface area contributed by atoms with Gasteiger partial charge < -0.3 is 69.6 Å². The number of carbonyl (C=O) groups excluding carboxylic acids is 1. The van der Waals surface area contributed by atoms with Crippen molar-refractivity contribution in [3.05, 3.63) is 11.6 Å². The van der Waals surface area contributed by atoms with Crippen molar-refractivity contribution in [2.24, 2.45) is 50.2 Å². The highest BCUT2D eigenvalue weighted by Crippen LogP contribution is 2.76. The number of aliphatic hydroxyl groups excluding tert-OH is 8. The van der Waals surface area contributed by atoms with E-state index in [1.165, 1.54) is 7.11 Å². The van der Waals surface area contributed by atoms with E-state index < -0.39 is 102 Å². The minimum Gasteiger partial charge on any atom is -0.481 e. The number of allylic oxidation sites excluding steroid dienone is 2. The zero-order valence-corrected chi connectivity index (χ0v) is 34.5. The van der Waals surface area contributed by atoms with E-state index >= 15 is 0 Å². The molecule has 4 saturated carbocycles. The highest BCUT2D eigenvalue weighted by molar-refractivity contribution is 5.80. The van der Waals surface area contributed by atoms with Crippen LogP contribution in [0.4, 0.5) is 0 Å². The fraction of sp³-hybridized carbons (Fsp3) is 0.905. The normalized spacial score (nSPS) is 54.2. The van der Waals surface area contributed by atoms with E-state index in [9.17, 15) is 55.5 Å². The summed E-state index contributed by atoms with van der Waals surface area (Å²) in [5, 5.41) is 96.7. The van der Waals surface area contributed by atoms with Crippen LogP contribution < -0.4 is 0 Å². The van der Waals surface area contributed by atoms with Gasteiger partial charge in [0.25, 0.3) is 0 Å². The van der Waals surface area contributed by atoms with E-state index in [1.807, 2.05) is 13.8 Å². The van der Waals surface area contributed by atoms with Crippen LogP contribution in [0.25, 0.3) is 0 Å². The molecule has 0 amide bonds. The number of carboxylic acids is 1. The molecule has 6 fully saturated rings. The average Bonchev–Trinajstić information content (AvgIpc) is 3.18. The van der Waals surface area contributed by atoms with Crippen LogP contribution in [0.1, 0.15) is 92.4 Å². The van der Waals surface area contributed by atoms with Crippen molar-refractivity contribution >= 4 is 11.9 Å². The number of aliphatic carboxylic acids is 1. The molecule has 0 aromatic carbocycles. The van der Waals surface area contributed by atoms with Crippen LogP contribution in [0.3, 0.4) is 0 Å². The average molecular weight is 827 g/mol. The number of hydrogen-bond acceptors (Lipinski definition) is 15. The zero-order valence-electron chi connectivity index (χ0n) is 34.5. The van der Waals surface area contributed by atoms with Gasteiger partial charge in [-0.2, -0.15) is 0 Å². The minimum atomic E-state index is -1.73. The number of carbonyl (C=O) groups is 2. The summed E-state index contributed by atoms with van der Waals surface area (Å²) in [5.74, 6) is -1.57. The van der Waals surface area contributed by atoms with Gasteiger partial charge in [-0.1, -0.05) is 39.3 Å². The quantitative estimate of drug-likeness (QED) is 0.0923. The number of esters is 1. The molecule has 5 aliphatic carbocycles. The largest absolute Gasteiger partial charge is 0.481 e. The summed E-state index contributed by atoms with van der Waals surface area (Å²) in [4.78, 5) is 26.2. The van der Waals surface area contributed by atoms with Crippen LogP contribution >= 0.6 is 0 Å². The molecular weight excluding hydrogens is 760 g/mol. The molecule has 7 rings (SSSR count). The Balaban J connectivity index is 1.11. The van der Waals surface area contributed by atoms with Crippen LogP contribution in [0.5, 0.6) is 0 Å². The molecule has 58 heavy (non-hydrogen) atoms. The van der Waals surface area contributed by atoms with Gasteiger partial charge in [-0.25, -0.2) is 0 Å². The third kappa shape index (κ3) is 6.29. The maximum atomic E-state index is 13.2. The van der Waals surface area contributed by atoms with Crippen LogP contribution in [-0.2, 0) is 33.3 Å². The SMILES string of the molecule is COC(=O)[C@]1(C)CC[C@@]2(C(=O)O)CC[C@@]3(C)C(=CC[C@H]4[C@]5(C)C[C@@H](O)[C@@H](O[C@H]6OC[C@H](O[C@H]7O[C@@H](CO)[C@H](O)[C@@H](O)[C@@H]7O)[C@@H](O)[C@@H]6O)[C@](C)(CO)[C@H]5CC[C@@]43C)[C@H]2C1. The lowest BCUT2D eigenvalue weighted by Crippen LogP contribution is -2.69. The standard InChI is InChI=1S/C42H66O16/c1-37(36(53)54-6)11-13-42(35(51)52)14-12-40(4)20(21(42)15-37)7-8-26-38(2)16-22(45)32(39(3,19-44)25(38)9-10-41(26,40)5)58-33-30(49)28(47)24(18-55-33)57-34-31(50)29(48)27(46)23(17-43)56-34/h7,21-34,43-50H,8-19H2,1-6H3,(H,51,52)/t21-,22-,23+,24+,25+,26+,27+,28-,29-,30+,31+,32-,33-,34-,37-,38-,39-,40+,41+,42-/m1/s1. The van der Waals surface area contributed by atoms with Gasteiger partial charge in [0.15, 0.2) is 12.6 Å². The minimum absolute atomic E-state index is 0.0422. The molecule has 0 bridgehead atoms. The van der Waals surface area contributed by atoms with Crippen molar-refractivity contribution in [3.8, 4) is 0 Å². The molecule has 9 N–H and O–H groups in total. The lowest BCUT2D eigenvalue weighted by atomic mass is 9.33. The summed E-state index contributed by atoms with van der Waals surface area (Å²) < 4.78 is 28.5. The molecule has 0 radical (unpaired) electrons. The summed E-state index contributed by atoms with van der Waals surface area (Å²) >= 11 is 0. The molecule has 0 aromatic heterocycles. The first-order valence-corrected chi connectivity index (χ1v) is 21.0. The second kappa shape index (κ2) is 15.2. The molecule has 0 unspecified atom stereocenters. The van der Waals surface area contributed by atoms with Gasteiger partial charge in [-0.15, -0.1) is 0 Å². The number of fused-ring (bicyclic) bond motifs is 7. The Morgan fingerprint density at radius 1 is 0.810 bits per heavy atom. The van der Waals surface area contributed by atoms with Gasteiger partial charge in [-0.05, 0) is 98.7 Å².